The summed E-state index contributed by atoms with van der Waals surface area (Å²) < 4.78 is 5.29. The molecule has 29 heavy (non-hydrogen) atoms. The van der Waals surface area contributed by atoms with Crippen LogP contribution in [0.3, 0.4) is 0 Å². The number of ether oxygens (including phenoxy) is 1. The fourth-order valence-corrected chi connectivity index (χ4v) is 2.94. The van der Waals surface area contributed by atoms with E-state index in [1.807, 2.05) is 13.8 Å². The number of carboxylic acids is 1. The van der Waals surface area contributed by atoms with Gasteiger partial charge in [-0.1, -0.05) is 38.9 Å². The van der Waals surface area contributed by atoms with Crippen LogP contribution >= 0.6 is 11.6 Å². The lowest BCUT2D eigenvalue weighted by molar-refractivity contribution is -0.141. The predicted octanol–water partition coefficient (Wildman–Crippen LogP) is 4.72. The van der Waals surface area contributed by atoms with Crippen molar-refractivity contribution in [3.05, 3.63) is 34.3 Å². The Morgan fingerprint density at radius 1 is 1.28 bits per heavy atom. The van der Waals surface area contributed by atoms with Gasteiger partial charge in [0.25, 0.3) is 0 Å². The number of carboxylic acid groups (broad SMARTS) is 1. The summed E-state index contributed by atoms with van der Waals surface area (Å²) in [6.07, 6.45) is 1.11. The van der Waals surface area contributed by atoms with Gasteiger partial charge in [0, 0.05) is 18.1 Å². The molecule has 1 heterocycles. The SMILES string of the molecule is C.CC.CC(C)(C)OC(=O)c1ccc(CNC(=O)N2CCCC2C(=O)O)c(Cl)c1. The van der Waals surface area contributed by atoms with Crippen LogP contribution in [-0.2, 0) is 16.1 Å². The molecule has 1 atom stereocenters. The molecule has 1 aliphatic rings. The first kappa shape index (κ1) is 26.7. The first-order chi connectivity index (χ1) is 13.1. The molecule has 1 unspecified atom stereocenters. The number of aliphatic carboxylic acids is 1. The molecule has 1 aromatic carbocycles. The molecule has 0 saturated carbocycles. The number of likely N-dealkylation sites (tertiary alicyclic amines) is 1. The van der Waals surface area contributed by atoms with Gasteiger partial charge >= 0.3 is 18.0 Å². The molecule has 1 fully saturated rings. The van der Waals surface area contributed by atoms with Crippen molar-refractivity contribution in [2.24, 2.45) is 0 Å². The zero-order chi connectivity index (χ0) is 21.5. The minimum atomic E-state index is -1.00. The van der Waals surface area contributed by atoms with E-state index < -0.39 is 29.6 Å². The maximum absolute atomic E-state index is 12.2. The molecular formula is C21H33ClN2O5. The molecule has 1 aliphatic heterocycles. The zero-order valence-electron chi connectivity index (χ0n) is 17.0. The van der Waals surface area contributed by atoms with Crippen LogP contribution in [0.15, 0.2) is 18.2 Å². The molecule has 0 aromatic heterocycles. The van der Waals surface area contributed by atoms with Crippen LogP contribution in [0.4, 0.5) is 4.79 Å². The molecule has 8 heteroatoms. The van der Waals surface area contributed by atoms with Gasteiger partial charge in [-0.25, -0.2) is 14.4 Å². The summed E-state index contributed by atoms with van der Waals surface area (Å²) >= 11 is 6.20. The summed E-state index contributed by atoms with van der Waals surface area (Å²) in [5.74, 6) is -1.48. The molecular weight excluding hydrogens is 396 g/mol. The highest BCUT2D eigenvalue weighted by molar-refractivity contribution is 6.31. The minimum Gasteiger partial charge on any atom is -0.480 e. The predicted molar refractivity (Wildman–Crippen MR) is 114 cm³/mol. The number of benzene rings is 1. The van der Waals surface area contributed by atoms with Crippen molar-refractivity contribution in [2.45, 2.75) is 73.1 Å². The second-order valence-corrected chi connectivity index (χ2v) is 7.56. The Labute approximate surface area is 178 Å². The number of rotatable bonds is 4. The Balaban J connectivity index is 0.00000253. The average molecular weight is 429 g/mol. The molecule has 164 valence electrons. The molecule has 0 bridgehead atoms. The highest BCUT2D eigenvalue weighted by Crippen LogP contribution is 2.21. The summed E-state index contributed by atoms with van der Waals surface area (Å²) in [5.41, 5.74) is 0.343. The Hall–Kier alpha value is -2.28. The minimum absolute atomic E-state index is 0. The molecule has 2 rings (SSSR count). The summed E-state index contributed by atoms with van der Waals surface area (Å²) in [6.45, 7) is 9.88. The van der Waals surface area contributed by atoms with Crippen molar-refractivity contribution in [3.63, 3.8) is 0 Å². The maximum atomic E-state index is 12.2. The van der Waals surface area contributed by atoms with Crippen molar-refractivity contribution in [2.75, 3.05) is 6.54 Å². The van der Waals surface area contributed by atoms with Crippen LogP contribution in [0, 0.1) is 0 Å². The van der Waals surface area contributed by atoms with Crippen LogP contribution in [0.2, 0.25) is 5.02 Å². The standard InChI is InChI=1S/C18H23ClN2O5.C2H6.CH4/c1-18(2,3)26-16(24)11-6-7-12(13(19)9-11)10-20-17(25)21-8-4-5-14(21)15(22)23;1-2;/h6-7,9,14H,4-5,8,10H2,1-3H3,(H,20,25)(H,22,23);1-2H3;1H4. The number of carbonyl (C=O) groups excluding carboxylic acids is 2. The molecule has 7 nitrogen and oxygen atoms in total. The third-order valence-corrected chi connectivity index (χ3v) is 4.27. The number of nitrogens with one attached hydrogen (secondary N) is 1. The molecule has 1 aromatic rings. The lowest BCUT2D eigenvalue weighted by Gasteiger charge is -2.22. The highest BCUT2D eigenvalue weighted by Gasteiger charge is 2.33. The Morgan fingerprint density at radius 2 is 1.90 bits per heavy atom. The normalized spacial score (nSPS) is 15.5. The quantitative estimate of drug-likeness (QED) is 0.676. The summed E-state index contributed by atoms with van der Waals surface area (Å²) in [6, 6.07) is 3.48. The van der Waals surface area contributed by atoms with Crippen molar-refractivity contribution >= 4 is 29.6 Å². The van der Waals surface area contributed by atoms with Gasteiger partial charge in [-0.05, 0) is 51.3 Å². The number of urea groups is 1. The van der Waals surface area contributed by atoms with Crippen molar-refractivity contribution in [1.29, 1.82) is 0 Å². The summed E-state index contributed by atoms with van der Waals surface area (Å²) in [7, 11) is 0. The van der Waals surface area contributed by atoms with E-state index in [-0.39, 0.29) is 14.0 Å². The summed E-state index contributed by atoms with van der Waals surface area (Å²) in [5, 5.41) is 12.1. The molecule has 0 spiro atoms. The first-order valence-electron chi connectivity index (χ1n) is 9.37. The van der Waals surface area contributed by atoms with Crippen LogP contribution < -0.4 is 5.32 Å². The second kappa shape index (κ2) is 11.7. The average Bonchev–Trinajstić information content (AvgIpc) is 3.11. The van der Waals surface area contributed by atoms with Crippen molar-refractivity contribution < 1.29 is 24.2 Å². The van der Waals surface area contributed by atoms with Gasteiger partial charge in [-0.3, -0.25) is 0 Å². The Kier molecular flexibility index (Phi) is 10.7. The number of amides is 2. The number of halogens is 1. The van der Waals surface area contributed by atoms with Gasteiger partial charge in [-0.15, -0.1) is 0 Å². The van der Waals surface area contributed by atoms with Crippen LogP contribution in [-0.4, -0.2) is 46.2 Å². The van der Waals surface area contributed by atoms with E-state index in [0.717, 1.165) is 0 Å². The molecule has 2 N–H and O–H groups in total. The van der Waals surface area contributed by atoms with Crippen LogP contribution in [0.1, 0.15) is 70.8 Å². The molecule has 2 amide bonds. The molecule has 1 saturated heterocycles. The van der Waals surface area contributed by atoms with Gasteiger partial charge in [0.1, 0.15) is 11.6 Å². The Bertz CT molecular complexity index is 716. The third-order valence-electron chi connectivity index (χ3n) is 3.92. The largest absolute Gasteiger partial charge is 0.480 e. The van der Waals surface area contributed by atoms with E-state index in [0.29, 0.717) is 35.5 Å². The maximum Gasteiger partial charge on any atom is 0.338 e. The topological polar surface area (TPSA) is 95.9 Å². The number of carbonyl (C=O) groups is 3. The van der Waals surface area contributed by atoms with Crippen molar-refractivity contribution in [1.82, 2.24) is 10.2 Å². The highest BCUT2D eigenvalue weighted by atomic mass is 35.5. The van der Waals surface area contributed by atoms with Gasteiger partial charge in [-0.2, -0.15) is 0 Å². The Morgan fingerprint density at radius 3 is 2.41 bits per heavy atom. The van der Waals surface area contributed by atoms with Gasteiger partial charge in [0.05, 0.1) is 5.56 Å². The van der Waals surface area contributed by atoms with Crippen molar-refractivity contribution in [3.8, 4) is 0 Å². The van der Waals surface area contributed by atoms with E-state index in [4.69, 9.17) is 21.4 Å². The third kappa shape index (κ3) is 7.93. The second-order valence-electron chi connectivity index (χ2n) is 7.16. The molecule has 0 aliphatic carbocycles. The van der Waals surface area contributed by atoms with E-state index in [9.17, 15) is 14.4 Å². The van der Waals surface area contributed by atoms with Gasteiger partial charge in [0.15, 0.2) is 0 Å². The number of esters is 1. The first-order valence-corrected chi connectivity index (χ1v) is 9.75. The molecule has 0 radical (unpaired) electrons. The van der Waals surface area contributed by atoms with Gasteiger partial charge < -0.3 is 20.1 Å². The lowest BCUT2D eigenvalue weighted by atomic mass is 10.1. The van der Waals surface area contributed by atoms with E-state index in [1.54, 1.807) is 32.9 Å². The lowest BCUT2D eigenvalue weighted by Crippen LogP contribution is -2.45. The van der Waals surface area contributed by atoms with E-state index in [1.165, 1.54) is 11.0 Å². The smallest absolute Gasteiger partial charge is 0.338 e. The van der Waals surface area contributed by atoms with Crippen LogP contribution in [0.25, 0.3) is 0 Å². The van der Waals surface area contributed by atoms with Crippen LogP contribution in [0.5, 0.6) is 0 Å². The fourth-order valence-electron chi connectivity index (χ4n) is 2.69. The monoisotopic (exact) mass is 428 g/mol. The number of hydrogen-bond acceptors (Lipinski definition) is 4. The number of hydrogen-bond donors (Lipinski definition) is 2. The van der Waals surface area contributed by atoms with Gasteiger partial charge in [0.2, 0.25) is 0 Å². The van der Waals surface area contributed by atoms with E-state index >= 15 is 0 Å². The van der Waals surface area contributed by atoms with E-state index in [2.05, 4.69) is 5.32 Å². The fraction of sp³-hybridized carbons (Fsp3) is 0.571. The summed E-state index contributed by atoms with van der Waals surface area (Å²) in [4.78, 5) is 36.7. The zero-order valence-corrected chi connectivity index (χ0v) is 17.8. The number of nitrogens with zero attached hydrogens (tertiary/aromatic N) is 1.